The minimum atomic E-state index is -0.309. The third kappa shape index (κ3) is 5.28. The molecule has 0 aliphatic carbocycles. The molecule has 0 spiro atoms. The average Bonchev–Trinajstić information content (AvgIpc) is 3.24. The number of thioether (sulfide) groups is 1. The topological polar surface area (TPSA) is 123 Å². The molecule has 4 rings (SSSR count). The van der Waals surface area contributed by atoms with Crippen molar-refractivity contribution in [2.24, 2.45) is 11.7 Å². The van der Waals surface area contributed by atoms with Gasteiger partial charge in [0.2, 0.25) is 11.0 Å². The first-order valence-electron chi connectivity index (χ1n) is 10.4. The lowest BCUT2D eigenvalue weighted by molar-refractivity contribution is -0.122. The SMILES string of the molecule is CCSc1nnc(NC(=O)COc2cccc3ccc(N4CCC(C(N)=O)CC4)nc23)s1. The predicted octanol–water partition coefficient (Wildman–Crippen LogP) is 2.92. The predicted molar refractivity (Wildman–Crippen MR) is 126 cm³/mol. The Balaban J connectivity index is 1.42. The molecule has 11 heteroatoms. The molecule has 1 fully saturated rings. The Kier molecular flexibility index (Phi) is 7.05. The van der Waals surface area contributed by atoms with Gasteiger partial charge in [0, 0.05) is 24.4 Å². The van der Waals surface area contributed by atoms with Gasteiger partial charge in [0.25, 0.3) is 5.91 Å². The molecule has 0 saturated carbocycles. The Labute approximate surface area is 193 Å². The van der Waals surface area contributed by atoms with E-state index in [0.717, 1.165) is 47.2 Å². The van der Waals surface area contributed by atoms with Gasteiger partial charge in [-0.15, -0.1) is 10.2 Å². The number of nitrogens with zero attached hydrogens (tertiary/aromatic N) is 4. The van der Waals surface area contributed by atoms with Crippen molar-refractivity contribution in [3.05, 3.63) is 30.3 Å². The van der Waals surface area contributed by atoms with Crippen LogP contribution >= 0.6 is 23.1 Å². The van der Waals surface area contributed by atoms with E-state index in [1.807, 2.05) is 31.2 Å². The minimum Gasteiger partial charge on any atom is -0.481 e. The van der Waals surface area contributed by atoms with Gasteiger partial charge >= 0.3 is 0 Å². The van der Waals surface area contributed by atoms with Gasteiger partial charge in [0.05, 0.1) is 0 Å². The Hall–Kier alpha value is -2.92. The van der Waals surface area contributed by atoms with Crippen LogP contribution < -0.4 is 20.7 Å². The quantitative estimate of drug-likeness (QED) is 0.379. The van der Waals surface area contributed by atoms with Gasteiger partial charge in [-0.3, -0.25) is 14.9 Å². The number of primary amides is 1. The summed E-state index contributed by atoms with van der Waals surface area (Å²) in [5.74, 6) is 1.62. The van der Waals surface area contributed by atoms with Gasteiger partial charge in [-0.2, -0.15) is 0 Å². The van der Waals surface area contributed by atoms with Crippen molar-refractivity contribution in [1.29, 1.82) is 0 Å². The molecule has 3 N–H and O–H groups in total. The number of rotatable bonds is 8. The van der Waals surface area contributed by atoms with Crippen LogP contribution in [-0.4, -0.2) is 52.4 Å². The highest BCUT2D eigenvalue weighted by Gasteiger charge is 2.24. The fraction of sp³-hybridized carbons (Fsp3) is 0.381. The van der Waals surface area contributed by atoms with Crippen molar-refractivity contribution >= 4 is 56.8 Å². The van der Waals surface area contributed by atoms with Crippen LogP contribution in [0.25, 0.3) is 10.9 Å². The molecule has 0 bridgehead atoms. The van der Waals surface area contributed by atoms with Crippen molar-refractivity contribution in [3.8, 4) is 5.75 Å². The van der Waals surface area contributed by atoms with Gasteiger partial charge in [-0.1, -0.05) is 42.2 Å². The molecule has 0 atom stereocenters. The molecule has 3 heterocycles. The molecular weight excluding hydrogens is 448 g/mol. The summed E-state index contributed by atoms with van der Waals surface area (Å²) in [6.45, 7) is 3.31. The number of hydrogen-bond donors (Lipinski definition) is 2. The highest BCUT2D eigenvalue weighted by Crippen LogP contribution is 2.29. The molecule has 2 aromatic heterocycles. The van der Waals surface area contributed by atoms with E-state index >= 15 is 0 Å². The molecule has 0 unspecified atom stereocenters. The van der Waals surface area contributed by atoms with E-state index in [2.05, 4.69) is 20.4 Å². The van der Waals surface area contributed by atoms with Crippen molar-refractivity contribution in [2.75, 3.05) is 35.7 Å². The number of aromatic nitrogens is 3. The zero-order valence-electron chi connectivity index (χ0n) is 17.6. The molecule has 1 aliphatic rings. The number of hydrogen-bond acceptors (Lipinski definition) is 9. The molecule has 32 heavy (non-hydrogen) atoms. The third-order valence-electron chi connectivity index (χ3n) is 5.17. The number of carbonyl (C=O) groups excluding carboxylic acids is 2. The van der Waals surface area contributed by atoms with Crippen molar-refractivity contribution in [3.63, 3.8) is 0 Å². The first kappa shape index (κ1) is 22.3. The smallest absolute Gasteiger partial charge is 0.264 e. The Morgan fingerprint density at radius 2 is 2.06 bits per heavy atom. The lowest BCUT2D eigenvalue weighted by Gasteiger charge is -2.31. The second-order valence-electron chi connectivity index (χ2n) is 7.30. The Bertz CT molecular complexity index is 1110. The molecule has 168 valence electrons. The van der Waals surface area contributed by atoms with Crippen LogP contribution in [0.4, 0.5) is 10.9 Å². The van der Waals surface area contributed by atoms with E-state index < -0.39 is 0 Å². The summed E-state index contributed by atoms with van der Waals surface area (Å²) in [4.78, 5) is 30.7. The minimum absolute atomic E-state index is 0.0752. The third-order valence-corrected chi connectivity index (χ3v) is 7.02. The molecule has 3 aromatic rings. The summed E-state index contributed by atoms with van der Waals surface area (Å²) in [5.41, 5.74) is 6.12. The number of pyridine rings is 1. The summed E-state index contributed by atoms with van der Waals surface area (Å²) >= 11 is 2.91. The van der Waals surface area contributed by atoms with E-state index in [1.54, 1.807) is 17.8 Å². The van der Waals surface area contributed by atoms with Crippen LogP contribution in [0.15, 0.2) is 34.7 Å². The van der Waals surface area contributed by atoms with Crippen LogP contribution in [0.5, 0.6) is 5.75 Å². The summed E-state index contributed by atoms with van der Waals surface area (Å²) in [7, 11) is 0. The number of piperidine rings is 1. The molecule has 0 radical (unpaired) electrons. The second-order valence-corrected chi connectivity index (χ2v) is 9.79. The fourth-order valence-corrected chi connectivity index (χ4v) is 5.20. The van der Waals surface area contributed by atoms with E-state index in [4.69, 9.17) is 15.5 Å². The largest absolute Gasteiger partial charge is 0.481 e. The highest BCUT2D eigenvalue weighted by molar-refractivity contribution is 8.01. The zero-order chi connectivity index (χ0) is 22.5. The first-order chi connectivity index (χ1) is 15.5. The number of fused-ring (bicyclic) bond motifs is 1. The van der Waals surface area contributed by atoms with Crippen molar-refractivity contribution in [2.45, 2.75) is 24.1 Å². The molecule has 9 nitrogen and oxygen atoms in total. The number of nitrogens with one attached hydrogen (secondary N) is 1. The molecule has 1 aliphatic heterocycles. The number of carbonyl (C=O) groups is 2. The fourth-order valence-electron chi connectivity index (χ4n) is 3.54. The van der Waals surface area contributed by atoms with E-state index in [0.29, 0.717) is 16.4 Å². The number of para-hydroxylation sites is 1. The standard InChI is InChI=1S/C21H24N6O3S2/c1-2-31-21-26-25-20(32-21)24-17(28)12-30-15-5-3-4-13-6-7-16(23-18(13)15)27-10-8-14(9-11-27)19(22)29/h3-7,14H,2,8-12H2,1H3,(H2,22,29)(H,24,25,28). The van der Waals surface area contributed by atoms with Gasteiger partial charge in [0.1, 0.15) is 17.1 Å². The summed E-state index contributed by atoms with van der Waals surface area (Å²) < 4.78 is 6.61. The second kappa shape index (κ2) is 10.1. The van der Waals surface area contributed by atoms with Crippen molar-refractivity contribution in [1.82, 2.24) is 15.2 Å². The average molecular weight is 473 g/mol. The maximum atomic E-state index is 12.3. The summed E-state index contributed by atoms with van der Waals surface area (Å²) in [6, 6.07) is 9.57. The van der Waals surface area contributed by atoms with Crippen LogP contribution in [0.3, 0.4) is 0 Å². The molecule has 1 aromatic carbocycles. The van der Waals surface area contributed by atoms with Gasteiger partial charge < -0.3 is 15.4 Å². The normalized spacial score (nSPS) is 14.5. The molecular formula is C21H24N6O3S2. The van der Waals surface area contributed by atoms with E-state index in [1.165, 1.54) is 11.3 Å². The van der Waals surface area contributed by atoms with Crippen LogP contribution in [-0.2, 0) is 9.59 Å². The van der Waals surface area contributed by atoms with E-state index in [-0.39, 0.29) is 24.3 Å². The Morgan fingerprint density at radius 3 is 2.81 bits per heavy atom. The van der Waals surface area contributed by atoms with E-state index in [9.17, 15) is 9.59 Å². The number of nitrogens with two attached hydrogens (primary N) is 1. The zero-order valence-corrected chi connectivity index (χ0v) is 19.2. The van der Waals surface area contributed by atoms with Crippen molar-refractivity contribution < 1.29 is 14.3 Å². The van der Waals surface area contributed by atoms with Crippen LogP contribution in [0.1, 0.15) is 19.8 Å². The molecule has 1 saturated heterocycles. The van der Waals surface area contributed by atoms with Gasteiger partial charge in [-0.05, 0) is 36.8 Å². The number of ether oxygens (including phenoxy) is 1. The maximum absolute atomic E-state index is 12.3. The lowest BCUT2D eigenvalue weighted by Crippen LogP contribution is -2.38. The summed E-state index contributed by atoms with van der Waals surface area (Å²) in [6.07, 6.45) is 1.44. The lowest BCUT2D eigenvalue weighted by atomic mass is 9.96. The molecule has 2 amide bonds. The van der Waals surface area contributed by atoms with Crippen LogP contribution in [0.2, 0.25) is 0 Å². The number of anilines is 2. The van der Waals surface area contributed by atoms with Gasteiger partial charge in [0.15, 0.2) is 10.9 Å². The van der Waals surface area contributed by atoms with Crippen LogP contribution in [0, 0.1) is 5.92 Å². The first-order valence-corrected chi connectivity index (χ1v) is 12.2. The monoisotopic (exact) mass is 472 g/mol. The maximum Gasteiger partial charge on any atom is 0.264 e. The summed E-state index contributed by atoms with van der Waals surface area (Å²) in [5, 5.41) is 12.1. The number of amides is 2. The highest BCUT2D eigenvalue weighted by atomic mass is 32.2. The number of benzene rings is 1. The van der Waals surface area contributed by atoms with Gasteiger partial charge in [-0.25, -0.2) is 4.98 Å². The Morgan fingerprint density at radius 1 is 1.25 bits per heavy atom.